The minimum atomic E-state index is -4.49. The average molecular weight is 365 g/mol. The van der Waals surface area contributed by atoms with Crippen LogP contribution in [0.15, 0.2) is 22.7 Å². The molecule has 1 aliphatic rings. The summed E-state index contributed by atoms with van der Waals surface area (Å²) in [5.74, 6) is -0.375. The van der Waals surface area contributed by atoms with Gasteiger partial charge in [0.2, 0.25) is 0 Å². The molecule has 1 N–H and O–H groups in total. The minimum Gasteiger partial charge on any atom is -0.331 e. The van der Waals surface area contributed by atoms with E-state index in [-0.39, 0.29) is 15.9 Å². The van der Waals surface area contributed by atoms with Gasteiger partial charge in [-0.3, -0.25) is 4.79 Å². The van der Waals surface area contributed by atoms with E-state index in [1.807, 2.05) is 13.8 Å². The second-order valence-electron chi connectivity index (χ2n) is 5.64. The van der Waals surface area contributed by atoms with Gasteiger partial charge in [-0.1, -0.05) is 15.9 Å². The highest BCUT2D eigenvalue weighted by Gasteiger charge is 2.36. The van der Waals surface area contributed by atoms with Gasteiger partial charge in [0.1, 0.15) is 0 Å². The molecule has 1 fully saturated rings. The molecular formula is C14H16BrF3N2O. The summed E-state index contributed by atoms with van der Waals surface area (Å²) in [5.41, 5.74) is -1.21. The quantitative estimate of drug-likeness (QED) is 0.829. The lowest BCUT2D eigenvalue weighted by molar-refractivity contribution is -0.138. The van der Waals surface area contributed by atoms with Crippen molar-refractivity contribution >= 4 is 21.8 Å². The van der Waals surface area contributed by atoms with E-state index in [1.165, 1.54) is 12.1 Å². The van der Waals surface area contributed by atoms with Gasteiger partial charge < -0.3 is 10.2 Å². The molecule has 7 heteroatoms. The van der Waals surface area contributed by atoms with Gasteiger partial charge in [-0.25, -0.2) is 0 Å². The smallest absolute Gasteiger partial charge is 0.331 e. The van der Waals surface area contributed by atoms with Crippen LogP contribution in [0.3, 0.4) is 0 Å². The number of piperazine rings is 1. The van der Waals surface area contributed by atoms with E-state index in [2.05, 4.69) is 21.2 Å². The first-order valence-corrected chi connectivity index (χ1v) is 7.32. The van der Waals surface area contributed by atoms with Crippen molar-refractivity contribution in [2.75, 3.05) is 19.6 Å². The van der Waals surface area contributed by atoms with Gasteiger partial charge in [0.15, 0.2) is 0 Å². The zero-order chi connectivity index (χ0) is 15.8. The standard InChI is InChI=1S/C14H16BrF3N2O/c1-13(2)8-19-5-6-20(13)12(21)9-3-4-11(15)10(7-9)14(16,17)18/h3-4,7,19H,5-6,8H2,1-2H3. The highest BCUT2D eigenvalue weighted by atomic mass is 79.9. The van der Waals surface area contributed by atoms with Gasteiger partial charge in [-0.15, -0.1) is 0 Å². The van der Waals surface area contributed by atoms with E-state index in [4.69, 9.17) is 0 Å². The van der Waals surface area contributed by atoms with E-state index in [1.54, 1.807) is 4.90 Å². The normalized spacial score (nSPS) is 18.7. The second kappa shape index (κ2) is 5.61. The molecule has 0 aromatic heterocycles. The molecule has 0 spiro atoms. The number of nitrogens with one attached hydrogen (secondary N) is 1. The Morgan fingerprint density at radius 3 is 2.62 bits per heavy atom. The van der Waals surface area contributed by atoms with Crippen molar-refractivity contribution in [2.24, 2.45) is 0 Å². The molecular weight excluding hydrogens is 349 g/mol. The molecule has 1 saturated heterocycles. The third-order valence-corrected chi connectivity index (χ3v) is 4.26. The summed E-state index contributed by atoms with van der Waals surface area (Å²) in [6, 6.07) is 3.59. The number of hydrogen-bond acceptors (Lipinski definition) is 2. The Labute approximate surface area is 129 Å². The van der Waals surface area contributed by atoms with Gasteiger partial charge in [0, 0.05) is 29.7 Å². The minimum absolute atomic E-state index is 0.0560. The molecule has 0 aliphatic carbocycles. The van der Waals surface area contributed by atoms with Crippen molar-refractivity contribution in [1.82, 2.24) is 10.2 Å². The number of hydrogen-bond donors (Lipinski definition) is 1. The van der Waals surface area contributed by atoms with Crippen molar-refractivity contribution in [3.8, 4) is 0 Å². The van der Waals surface area contributed by atoms with E-state index < -0.39 is 17.3 Å². The van der Waals surface area contributed by atoms with E-state index >= 15 is 0 Å². The van der Waals surface area contributed by atoms with Crippen LogP contribution in [-0.2, 0) is 6.18 Å². The first-order valence-electron chi connectivity index (χ1n) is 6.52. The fraction of sp³-hybridized carbons (Fsp3) is 0.500. The second-order valence-corrected chi connectivity index (χ2v) is 6.49. The number of benzene rings is 1. The number of nitrogens with zero attached hydrogens (tertiary/aromatic N) is 1. The molecule has 0 atom stereocenters. The van der Waals surface area contributed by atoms with Crippen LogP contribution >= 0.6 is 15.9 Å². The largest absolute Gasteiger partial charge is 0.417 e. The van der Waals surface area contributed by atoms with Gasteiger partial charge in [0.05, 0.1) is 11.1 Å². The topological polar surface area (TPSA) is 32.3 Å². The lowest BCUT2D eigenvalue weighted by Crippen LogP contribution is -2.59. The van der Waals surface area contributed by atoms with Crippen LogP contribution in [0.4, 0.5) is 13.2 Å². The Kier molecular flexibility index (Phi) is 4.35. The van der Waals surface area contributed by atoms with Crippen molar-refractivity contribution in [3.05, 3.63) is 33.8 Å². The Morgan fingerprint density at radius 2 is 2.05 bits per heavy atom. The maximum atomic E-state index is 12.9. The molecule has 1 aromatic rings. The summed E-state index contributed by atoms with van der Waals surface area (Å²) in [7, 11) is 0. The SMILES string of the molecule is CC1(C)CNCCN1C(=O)c1ccc(Br)c(C(F)(F)F)c1. The van der Waals surface area contributed by atoms with Crippen LogP contribution in [0.5, 0.6) is 0 Å². The number of carbonyl (C=O) groups excluding carboxylic acids is 1. The van der Waals surface area contributed by atoms with Crippen LogP contribution in [-0.4, -0.2) is 36.0 Å². The van der Waals surface area contributed by atoms with E-state index in [0.29, 0.717) is 19.6 Å². The van der Waals surface area contributed by atoms with Crippen LogP contribution in [0, 0.1) is 0 Å². The van der Waals surface area contributed by atoms with Gasteiger partial charge in [0.25, 0.3) is 5.91 Å². The zero-order valence-corrected chi connectivity index (χ0v) is 13.3. The summed E-state index contributed by atoms with van der Waals surface area (Å²) in [5, 5.41) is 3.17. The van der Waals surface area contributed by atoms with Crippen molar-refractivity contribution in [2.45, 2.75) is 25.6 Å². The molecule has 1 heterocycles. The number of alkyl halides is 3. The molecule has 21 heavy (non-hydrogen) atoms. The zero-order valence-electron chi connectivity index (χ0n) is 11.7. The van der Waals surface area contributed by atoms with Gasteiger partial charge >= 0.3 is 6.18 Å². The Balaban J connectivity index is 2.36. The maximum Gasteiger partial charge on any atom is 0.417 e. The molecule has 1 aliphatic heterocycles. The monoisotopic (exact) mass is 364 g/mol. The molecule has 116 valence electrons. The first-order chi connectivity index (χ1) is 9.63. The highest BCUT2D eigenvalue weighted by molar-refractivity contribution is 9.10. The molecule has 0 bridgehead atoms. The molecule has 1 amide bonds. The third kappa shape index (κ3) is 3.40. The fourth-order valence-electron chi connectivity index (χ4n) is 2.39. The lowest BCUT2D eigenvalue weighted by atomic mass is 9.98. The Bertz CT molecular complexity index is 558. The molecule has 1 aromatic carbocycles. The summed E-state index contributed by atoms with van der Waals surface area (Å²) < 4.78 is 38.7. The first kappa shape index (κ1) is 16.3. The summed E-state index contributed by atoms with van der Waals surface area (Å²) >= 11 is 2.88. The summed E-state index contributed by atoms with van der Waals surface area (Å²) in [6.07, 6.45) is -4.49. The molecule has 0 radical (unpaired) electrons. The Hall–Kier alpha value is -1.08. The van der Waals surface area contributed by atoms with Crippen LogP contribution < -0.4 is 5.32 Å². The highest BCUT2D eigenvalue weighted by Crippen LogP contribution is 2.35. The third-order valence-electron chi connectivity index (χ3n) is 3.56. The molecule has 3 nitrogen and oxygen atoms in total. The van der Waals surface area contributed by atoms with E-state index in [9.17, 15) is 18.0 Å². The van der Waals surface area contributed by atoms with Crippen molar-refractivity contribution in [1.29, 1.82) is 0 Å². The number of carbonyl (C=O) groups is 1. The number of amides is 1. The molecule has 0 saturated carbocycles. The van der Waals surface area contributed by atoms with E-state index in [0.717, 1.165) is 6.07 Å². The Morgan fingerprint density at radius 1 is 1.38 bits per heavy atom. The predicted molar refractivity (Wildman–Crippen MR) is 77.1 cm³/mol. The van der Waals surface area contributed by atoms with Crippen LogP contribution in [0.25, 0.3) is 0 Å². The lowest BCUT2D eigenvalue weighted by Gasteiger charge is -2.43. The van der Waals surface area contributed by atoms with Crippen molar-refractivity contribution in [3.63, 3.8) is 0 Å². The van der Waals surface area contributed by atoms with Crippen LogP contribution in [0.1, 0.15) is 29.8 Å². The van der Waals surface area contributed by atoms with Gasteiger partial charge in [-0.05, 0) is 32.0 Å². The van der Waals surface area contributed by atoms with Crippen molar-refractivity contribution < 1.29 is 18.0 Å². The predicted octanol–water partition coefficient (Wildman–Crippen LogP) is 3.29. The van der Waals surface area contributed by atoms with Gasteiger partial charge in [-0.2, -0.15) is 13.2 Å². The fourth-order valence-corrected chi connectivity index (χ4v) is 2.86. The summed E-state index contributed by atoms with van der Waals surface area (Å²) in [4.78, 5) is 14.1. The van der Waals surface area contributed by atoms with Crippen LogP contribution in [0.2, 0.25) is 0 Å². The molecule has 2 rings (SSSR count). The number of rotatable bonds is 1. The maximum absolute atomic E-state index is 12.9. The average Bonchev–Trinajstić information content (AvgIpc) is 2.36. The number of halogens is 4. The molecule has 0 unspecified atom stereocenters. The summed E-state index contributed by atoms with van der Waals surface area (Å²) in [6.45, 7) is 5.50.